The molecule has 2 N–H and O–H groups in total. The van der Waals surface area contributed by atoms with Crippen molar-refractivity contribution in [2.24, 2.45) is 0 Å². The molecule has 0 radical (unpaired) electrons. The number of aromatic amines is 1. The number of rotatable bonds is 5. The summed E-state index contributed by atoms with van der Waals surface area (Å²) in [6.45, 7) is 2.66. The fourth-order valence-electron chi connectivity index (χ4n) is 3.43. The second-order valence-electron chi connectivity index (χ2n) is 6.17. The molecule has 4 rings (SSSR count). The number of benzene rings is 1. The number of aliphatic hydroxyl groups excluding tert-OH is 1. The number of nitrogens with one attached hydrogen (secondary N) is 1. The highest BCUT2D eigenvalue weighted by atomic mass is 32.1. The first-order chi connectivity index (χ1) is 12.3. The number of morpholine rings is 1. The molecule has 2 aromatic heterocycles. The zero-order valence-corrected chi connectivity index (χ0v) is 14.5. The van der Waals surface area contributed by atoms with Gasteiger partial charge in [0.15, 0.2) is 5.78 Å². The van der Waals surface area contributed by atoms with E-state index in [-0.39, 0.29) is 11.8 Å². The summed E-state index contributed by atoms with van der Waals surface area (Å²) in [6, 6.07) is 11.2. The van der Waals surface area contributed by atoms with Crippen molar-refractivity contribution >= 4 is 28.0 Å². The number of aromatic nitrogens is 1. The topological polar surface area (TPSA) is 65.6 Å². The number of para-hydroxylation sites is 1. The van der Waals surface area contributed by atoms with Crippen molar-refractivity contribution < 1.29 is 14.6 Å². The minimum absolute atomic E-state index is 0.248. The molecule has 0 spiro atoms. The molecule has 1 saturated heterocycles. The summed E-state index contributed by atoms with van der Waals surface area (Å²) in [5.41, 5.74) is 1.44. The summed E-state index contributed by atoms with van der Waals surface area (Å²) in [7, 11) is 0. The molecular formula is C19H20N2O3S. The molecule has 3 aromatic rings. The maximum atomic E-state index is 13.1. The van der Waals surface area contributed by atoms with Crippen molar-refractivity contribution in [2.45, 2.75) is 12.1 Å². The third-order valence-electron chi connectivity index (χ3n) is 4.70. The highest BCUT2D eigenvalue weighted by molar-refractivity contribution is 7.10. The Kier molecular flexibility index (Phi) is 4.67. The third kappa shape index (κ3) is 3.14. The predicted octanol–water partition coefficient (Wildman–Crippen LogP) is 2.85. The molecule has 0 amide bonds. The zero-order chi connectivity index (χ0) is 17.2. The Morgan fingerprint density at radius 1 is 1.20 bits per heavy atom. The van der Waals surface area contributed by atoms with Crippen LogP contribution in [0.5, 0.6) is 0 Å². The number of H-pyrrole nitrogens is 1. The van der Waals surface area contributed by atoms with Crippen molar-refractivity contribution in [3.63, 3.8) is 0 Å². The number of aliphatic hydroxyl groups is 1. The van der Waals surface area contributed by atoms with E-state index in [0.717, 1.165) is 15.8 Å². The summed E-state index contributed by atoms with van der Waals surface area (Å²) in [6.07, 6.45) is 0.581. The number of Topliss-reactive ketones (excluding diaryl/α,β-unsaturated/α-hetero) is 1. The predicted molar refractivity (Wildman–Crippen MR) is 98.1 cm³/mol. The molecule has 1 aliphatic heterocycles. The fourth-order valence-corrected chi connectivity index (χ4v) is 4.32. The summed E-state index contributed by atoms with van der Waals surface area (Å²) in [5.74, 6) is -0.248. The molecule has 5 nitrogen and oxygen atoms in total. The molecule has 2 atom stereocenters. The van der Waals surface area contributed by atoms with Gasteiger partial charge in [-0.2, -0.15) is 0 Å². The summed E-state index contributed by atoms with van der Waals surface area (Å²) in [4.78, 5) is 19.3. The summed E-state index contributed by atoms with van der Waals surface area (Å²) >= 11 is 1.57. The lowest BCUT2D eigenvalue weighted by molar-refractivity contribution is -0.0162. The van der Waals surface area contributed by atoms with Crippen molar-refractivity contribution in [3.8, 4) is 0 Å². The van der Waals surface area contributed by atoms with Crippen LogP contribution in [-0.4, -0.2) is 53.2 Å². The lowest BCUT2D eigenvalue weighted by Gasteiger charge is -2.36. The van der Waals surface area contributed by atoms with E-state index in [9.17, 15) is 9.90 Å². The Balaban J connectivity index is 1.67. The average molecular weight is 356 g/mol. The molecule has 0 aliphatic carbocycles. The molecular weight excluding hydrogens is 336 g/mol. The van der Waals surface area contributed by atoms with Crippen molar-refractivity contribution in [3.05, 3.63) is 58.4 Å². The molecule has 130 valence electrons. The van der Waals surface area contributed by atoms with Crippen LogP contribution in [0.3, 0.4) is 0 Å². The van der Waals surface area contributed by atoms with Gasteiger partial charge >= 0.3 is 0 Å². The van der Waals surface area contributed by atoms with E-state index in [1.54, 1.807) is 17.5 Å². The zero-order valence-electron chi connectivity index (χ0n) is 13.7. The number of hydrogen-bond donors (Lipinski definition) is 2. The number of carbonyl (C=O) groups is 1. The number of ketones is 1. The second-order valence-corrected chi connectivity index (χ2v) is 7.14. The number of nitrogens with zero attached hydrogens (tertiary/aromatic N) is 1. The number of ether oxygens (including phenoxy) is 1. The van der Waals surface area contributed by atoms with Gasteiger partial charge in [0.2, 0.25) is 0 Å². The summed E-state index contributed by atoms with van der Waals surface area (Å²) < 4.78 is 5.43. The van der Waals surface area contributed by atoms with Crippen molar-refractivity contribution in [2.75, 3.05) is 26.3 Å². The number of carbonyl (C=O) groups excluding carboxylic acids is 1. The monoisotopic (exact) mass is 356 g/mol. The van der Waals surface area contributed by atoms with Crippen molar-refractivity contribution in [1.29, 1.82) is 0 Å². The van der Waals surface area contributed by atoms with Crippen LogP contribution in [0.4, 0.5) is 0 Å². The van der Waals surface area contributed by atoms with E-state index < -0.39 is 6.10 Å². The minimum Gasteiger partial charge on any atom is -0.383 e. The highest BCUT2D eigenvalue weighted by Crippen LogP contribution is 2.31. The Morgan fingerprint density at radius 2 is 2.00 bits per heavy atom. The molecule has 1 aliphatic rings. The van der Waals surface area contributed by atoms with Gasteiger partial charge in [0.05, 0.1) is 19.3 Å². The lowest BCUT2D eigenvalue weighted by atomic mass is 9.97. The molecule has 1 fully saturated rings. The van der Waals surface area contributed by atoms with Crippen LogP contribution in [-0.2, 0) is 4.74 Å². The first-order valence-corrected chi connectivity index (χ1v) is 9.27. The highest BCUT2D eigenvalue weighted by Gasteiger charge is 2.35. The Morgan fingerprint density at radius 3 is 2.76 bits per heavy atom. The summed E-state index contributed by atoms with van der Waals surface area (Å²) in [5, 5.41) is 13.8. The number of fused-ring (bicyclic) bond motifs is 1. The van der Waals surface area contributed by atoms with Gasteiger partial charge < -0.3 is 14.8 Å². The van der Waals surface area contributed by atoms with E-state index in [1.165, 1.54) is 0 Å². The van der Waals surface area contributed by atoms with Gasteiger partial charge in [0.25, 0.3) is 0 Å². The van der Waals surface area contributed by atoms with E-state index in [2.05, 4.69) is 9.88 Å². The van der Waals surface area contributed by atoms with Gasteiger partial charge in [0.1, 0.15) is 6.10 Å². The third-order valence-corrected chi connectivity index (χ3v) is 5.64. The molecule has 0 saturated carbocycles. The van der Waals surface area contributed by atoms with E-state index in [0.29, 0.717) is 31.9 Å². The molecule has 25 heavy (non-hydrogen) atoms. The standard InChI is InChI=1S/C19H20N2O3S/c22-18(14-12-20-15-5-2-1-4-13(14)15)19(23)17(16-6-3-11-25-16)21-7-9-24-10-8-21/h1-6,11-12,17,19-20,23H,7-10H2. The van der Waals surface area contributed by atoms with Gasteiger partial charge in [-0.15, -0.1) is 11.3 Å². The SMILES string of the molecule is O=C(c1c[nH]c2ccccc12)C(O)C(c1cccs1)N1CCOCC1. The largest absolute Gasteiger partial charge is 0.383 e. The molecule has 0 bridgehead atoms. The Bertz CT molecular complexity index is 853. The smallest absolute Gasteiger partial charge is 0.195 e. The molecule has 3 heterocycles. The minimum atomic E-state index is -1.11. The van der Waals surface area contributed by atoms with Gasteiger partial charge in [-0.3, -0.25) is 9.69 Å². The van der Waals surface area contributed by atoms with Crippen LogP contribution < -0.4 is 0 Å². The lowest BCUT2D eigenvalue weighted by Crippen LogP contribution is -2.45. The average Bonchev–Trinajstić information content (AvgIpc) is 3.32. The van der Waals surface area contributed by atoms with Crippen LogP contribution in [0, 0.1) is 0 Å². The quantitative estimate of drug-likeness (QED) is 0.690. The number of hydrogen-bond acceptors (Lipinski definition) is 5. The van der Waals surface area contributed by atoms with Gasteiger partial charge in [0, 0.05) is 40.6 Å². The van der Waals surface area contributed by atoms with E-state index in [4.69, 9.17) is 4.74 Å². The molecule has 6 heteroatoms. The van der Waals surface area contributed by atoms with Crippen LogP contribution >= 0.6 is 11.3 Å². The number of thiophene rings is 1. The van der Waals surface area contributed by atoms with E-state index >= 15 is 0 Å². The molecule has 1 aromatic carbocycles. The normalized spacial score (nSPS) is 18.3. The Hall–Kier alpha value is -1.99. The van der Waals surface area contributed by atoms with E-state index in [1.807, 2.05) is 41.8 Å². The molecule has 2 unspecified atom stereocenters. The van der Waals surface area contributed by atoms with Gasteiger partial charge in [-0.05, 0) is 17.5 Å². The maximum absolute atomic E-state index is 13.1. The Labute approximate surface area is 149 Å². The van der Waals surface area contributed by atoms with Crippen LogP contribution in [0.2, 0.25) is 0 Å². The van der Waals surface area contributed by atoms with Crippen LogP contribution in [0.1, 0.15) is 21.3 Å². The second kappa shape index (κ2) is 7.09. The van der Waals surface area contributed by atoms with Gasteiger partial charge in [-0.1, -0.05) is 24.3 Å². The van der Waals surface area contributed by atoms with Crippen LogP contribution in [0.25, 0.3) is 10.9 Å². The van der Waals surface area contributed by atoms with Crippen LogP contribution in [0.15, 0.2) is 48.0 Å². The maximum Gasteiger partial charge on any atom is 0.195 e. The van der Waals surface area contributed by atoms with Gasteiger partial charge in [-0.25, -0.2) is 0 Å². The fraction of sp³-hybridized carbons (Fsp3) is 0.316. The first kappa shape index (κ1) is 16.5. The first-order valence-electron chi connectivity index (χ1n) is 8.39. The van der Waals surface area contributed by atoms with Crippen molar-refractivity contribution in [1.82, 2.24) is 9.88 Å².